The summed E-state index contributed by atoms with van der Waals surface area (Å²) >= 11 is 4.16. The number of amides is 1. The Morgan fingerprint density at radius 2 is 1.36 bits per heavy atom. The minimum absolute atomic E-state index is 0.404. The average molecular weight is 597 g/mol. The topological polar surface area (TPSA) is 80.1 Å². The summed E-state index contributed by atoms with van der Waals surface area (Å²) in [5.41, 5.74) is 4.67. The summed E-state index contributed by atoms with van der Waals surface area (Å²) in [7, 11) is 0. The van der Waals surface area contributed by atoms with E-state index in [1.54, 1.807) is 48.5 Å². The Bertz CT molecular complexity index is 1040. The van der Waals surface area contributed by atoms with E-state index in [4.69, 9.17) is 4.84 Å². The molecule has 28 heavy (non-hydrogen) atoms. The van der Waals surface area contributed by atoms with Gasteiger partial charge in [0, 0.05) is 7.14 Å². The molecule has 3 aromatic carbocycles. The van der Waals surface area contributed by atoms with Gasteiger partial charge in [0.15, 0.2) is 0 Å². The second kappa shape index (κ2) is 9.73. The average Bonchev–Trinajstić information content (AvgIpc) is 2.71. The van der Waals surface area contributed by atoms with Crippen LogP contribution >= 0.6 is 45.2 Å². The molecule has 0 atom stereocenters. The van der Waals surface area contributed by atoms with Gasteiger partial charge in [0.25, 0.3) is 5.91 Å². The van der Waals surface area contributed by atoms with Gasteiger partial charge in [-0.05, 0) is 93.7 Å². The summed E-state index contributed by atoms with van der Waals surface area (Å²) in [6, 6.07) is 21.0. The van der Waals surface area contributed by atoms with Gasteiger partial charge in [-0.25, -0.2) is 10.3 Å². The minimum atomic E-state index is -0.475. The van der Waals surface area contributed by atoms with Crippen molar-refractivity contribution in [2.24, 2.45) is 10.2 Å². The first-order valence-electron chi connectivity index (χ1n) is 8.07. The smallest absolute Gasteiger partial charge is 0.338 e. The van der Waals surface area contributed by atoms with Gasteiger partial charge in [0.05, 0.1) is 22.5 Å². The summed E-state index contributed by atoms with van der Waals surface area (Å²) < 4.78 is 1.62. The zero-order valence-electron chi connectivity index (χ0n) is 14.3. The van der Waals surface area contributed by atoms with E-state index in [0.717, 1.165) is 7.14 Å². The Kier molecular flexibility index (Phi) is 7.09. The Morgan fingerprint density at radius 1 is 0.786 bits per heavy atom. The minimum Gasteiger partial charge on any atom is -0.338 e. The molecule has 0 unspecified atom stereocenters. The molecule has 0 saturated heterocycles. The standard InChI is InChI=1S/C20H13I2N3O3/c21-17-7-3-1-5-15(17)19(26)24-23-13-9-11-14(12-10-13)25-28-20(27)16-6-2-4-8-18(16)22/h1-12,25H. The molecular weight excluding hydrogens is 584 g/mol. The molecule has 0 fully saturated rings. The molecule has 0 aliphatic carbocycles. The summed E-state index contributed by atoms with van der Waals surface area (Å²) in [6.07, 6.45) is 0. The van der Waals surface area contributed by atoms with Crippen molar-refractivity contribution in [1.29, 1.82) is 0 Å². The molecule has 6 nitrogen and oxygen atoms in total. The predicted octanol–water partition coefficient (Wildman–Crippen LogP) is 6.00. The predicted molar refractivity (Wildman–Crippen MR) is 123 cm³/mol. The monoisotopic (exact) mass is 597 g/mol. The van der Waals surface area contributed by atoms with Gasteiger partial charge in [0.1, 0.15) is 0 Å². The van der Waals surface area contributed by atoms with E-state index in [9.17, 15) is 9.59 Å². The Balaban J connectivity index is 1.59. The number of carbonyl (C=O) groups excluding carboxylic acids is 2. The van der Waals surface area contributed by atoms with Crippen LogP contribution in [0.25, 0.3) is 0 Å². The fourth-order valence-electron chi connectivity index (χ4n) is 2.17. The second-order valence-electron chi connectivity index (χ2n) is 5.50. The molecule has 0 radical (unpaired) electrons. The third-order valence-electron chi connectivity index (χ3n) is 3.58. The number of anilines is 1. The summed E-state index contributed by atoms with van der Waals surface area (Å²) in [5, 5.41) is 7.71. The van der Waals surface area contributed by atoms with Crippen LogP contribution < -0.4 is 5.48 Å². The van der Waals surface area contributed by atoms with E-state index in [1.807, 2.05) is 24.3 Å². The van der Waals surface area contributed by atoms with Crippen LogP contribution in [0, 0.1) is 7.14 Å². The van der Waals surface area contributed by atoms with Crippen molar-refractivity contribution in [2.45, 2.75) is 0 Å². The van der Waals surface area contributed by atoms with Crippen LogP contribution in [0.3, 0.4) is 0 Å². The molecule has 0 aliphatic heterocycles. The molecule has 3 rings (SSSR count). The Morgan fingerprint density at radius 3 is 1.96 bits per heavy atom. The van der Waals surface area contributed by atoms with E-state index in [2.05, 4.69) is 60.9 Å². The number of halogens is 2. The van der Waals surface area contributed by atoms with Crippen molar-refractivity contribution >= 4 is 68.4 Å². The lowest BCUT2D eigenvalue weighted by Crippen LogP contribution is -2.11. The highest BCUT2D eigenvalue weighted by Gasteiger charge is 2.11. The van der Waals surface area contributed by atoms with E-state index < -0.39 is 11.9 Å². The molecule has 0 bridgehead atoms. The first kappa shape index (κ1) is 20.4. The van der Waals surface area contributed by atoms with Crippen LogP contribution in [0.1, 0.15) is 20.7 Å². The van der Waals surface area contributed by atoms with Crippen molar-refractivity contribution in [1.82, 2.24) is 0 Å². The maximum atomic E-state index is 12.1. The molecule has 1 N–H and O–H groups in total. The van der Waals surface area contributed by atoms with Gasteiger partial charge in [0.2, 0.25) is 0 Å². The van der Waals surface area contributed by atoms with E-state index in [1.165, 1.54) is 0 Å². The van der Waals surface area contributed by atoms with Gasteiger partial charge in [-0.3, -0.25) is 4.79 Å². The molecule has 0 heterocycles. The fourth-order valence-corrected chi connectivity index (χ4v) is 3.40. The molecule has 0 saturated carbocycles. The highest BCUT2D eigenvalue weighted by molar-refractivity contribution is 14.1. The molecule has 1 amide bonds. The van der Waals surface area contributed by atoms with Crippen molar-refractivity contribution in [2.75, 3.05) is 5.48 Å². The Labute approximate surface area is 188 Å². The van der Waals surface area contributed by atoms with Crippen molar-refractivity contribution in [3.63, 3.8) is 0 Å². The van der Waals surface area contributed by atoms with Gasteiger partial charge >= 0.3 is 5.97 Å². The van der Waals surface area contributed by atoms with Gasteiger partial charge in [-0.1, -0.05) is 24.3 Å². The number of hydrogen-bond donors (Lipinski definition) is 1. The molecule has 140 valence electrons. The molecule has 0 aromatic heterocycles. The van der Waals surface area contributed by atoms with Crippen LogP contribution in [0.4, 0.5) is 11.4 Å². The third kappa shape index (κ3) is 5.35. The number of nitrogens with zero attached hydrogens (tertiary/aromatic N) is 2. The number of azo groups is 1. The quantitative estimate of drug-likeness (QED) is 0.222. The van der Waals surface area contributed by atoms with Crippen LogP contribution in [0.2, 0.25) is 0 Å². The number of benzene rings is 3. The summed E-state index contributed by atoms with van der Waals surface area (Å²) in [4.78, 5) is 29.3. The largest absolute Gasteiger partial charge is 0.363 e. The van der Waals surface area contributed by atoms with Crippen LogP contribution in [-0.2, 0) is 4.84 Å². The first-order valence-corrected chi connectivity index (χ1v) is 10.2. The zero-order valence-corrected chi connectivity index (χ0v) is 18.6. The molecular formula is C20H13I2N3O3. The SMILES string of the molecule is O=C(N=Nc1ccc(NOC(=O)c2ccccc2I)cc1)c1ccccc1I. The maximum absolute atomic E-state index is 12.1. The summed E-state index contributed by atoms with van der Waals surface area (Å²) in [5.74, 6) is -0.879. The van der Waals surface area contributed by atoms with Crippen molar-refractivity contribution in [3.8, 4) is 0 Å². The zero-order chi connectivity index (χ0) is 19.9. The lowest BCUT2D eigenvalue weighted by Gasteiger charge is -2.07. The van der Waals surface area contributed by atoms with Crippen LogP contribution in [0.15, 0.2) is 83.0 Å². The van der Waals surface area contributed by atoms with Crippen molar-refractivity contribution in [3.05, 3.63) is 91.1 Å². The number of rotatable bonds is 5. The lowest BCUT2D eigenvalue weighted by atomic mass is 10.2. The summed E-state index contributed by atoms with van der Waals surface area (Å²) in [6.45, 7) is 0. The lowest BCUT2D eigenvalue weighted by molar-refractivity contribution is 0.0595. The number of carbonyl (C=O) groups is 2. The molecule has 3 aromatic rings. The van der Waals surface area contributed by atoms with Crippen LogP contribution in [-0.4, -0.2) is 11.9 Å². The highest BCUT2D eigenvalue weighted by Crippen LogP contribution is 2.19. The molecule has 8 heteroatoms. The second-order valence-corrected chi connectivity index (χ2v) is 7.83. The highest BCUT2D eigenvalue weighted by atomic mass is 127. The first-order chi connectivity index (χ1) is 13.5. The van der Waals surface area contributed by atoms with Crippen LogP contribution in [0.5, 0.6) is 0 Å². The normalized spacial score (nSPS) is 10.6. The van der Waals surface area contributed by atoms with E-state index in [0.29, 0.717) is 22.5 Å². The third-order valence-corrected chi connectivity index (χ3v) is 5.46. The van der Waals surface area contributed by atoms with Gasteiger partial charge in [-0.15, -0.1) is 10.2 Å². The number of nitrogens with one attached hydrogen (secondary N) is 1. The maximum Gasteiger partial charge on any atom is 0.363 e. The van der Waals surface area contributed by atoms with E-state index in [-0.39, 0.29) is 0 Å². The fraction of sp³-hybridized carbons (Fsp3) is 0. The van der Waals surface area contributed by atoms with Crippen molar-refractivity contribution < 1.29 is 14.4 Å². The number of hydrogen-bond acceptors (Lipinski definition) is 5. The Hall–Kier alpha value is -2.34. The van der Waals surface area contributed by atoms with Gasteiger partial charge < -0.3 is 4.84 Å². The molecule has 0 spiro atoms. The van der Waals surface area contributed by atoms with E-state index >= 15 is 0 Å². The van der Waals surface area contributed by atoms with Gasteiger partial charge in [-0.2, -0.15) is 0 Å². The molecule has 0 aliphatic rings.